The smallest absolute Gasteiger partial charge is 0.330 e. The van der Waals surface area contributed by atoms with Gasteiger partial charge in [-0.3, -0.25) is 9.59 Å². The third-order valence-electron chi connectivity index (χ3n) is 7.85. The first-order valence-electron chi connectivity index (χ1n) is 14.9. The van der Waals surface area contributed by atoms with Gasteiger partial charge in [0.1, 0.15) is 24.4 Å². The number of nitrogens with one attached hydrogen (secondary N) is 2. The van der Waals surface area contributed by atoms with Crippen LogP contribution in [-0.2, 0) is 23.9 Å². The summed E-state index contributed by atoms with van der Waals surface area (Å²) in [7, 11) is 0. The lowest BCUT2D eigenvalue weighted by Gasteiger charge is -2.39. The largest absolute Gasteiger partial charge is 0.463 e. The van der Waals surface area contributed by atoms with Crippen molar-refractivity contribution >= 4 is 17.8 Å². The average Bonchev–Trinajstić information content (AvgIpc) is 2.93. The molecule has 2 aliphatic heterocycles. The van der Waals surface area contributed by atoms with Crippen LogP contribution in [0.5, 0.6) is 0 Å². The molecule has 0 radical (unpaired) electrons. The van der Waals surface area contributed by atoms with Gasteiger partial charge in [0, 0.05) is 25.0 Å². The second-order valence-electron chi connectivity index (χ2n) is 11.4. The van der Waals surface area contributed by atoms with E-state index in [1.807, 2.05) is 19.1 Å². The highest BCUT2D eigenvalue weighted by Gasteiger charge is 2.41. The van der Waals surface area contributed by atoms with Crippen LogP contribution in [-0.4, -0.2) is 94.5 Å². The summed E-state index contributed by atoms with van der Waals surface area (Å²) in [4.78, 5) is 35.9. The van der Waals surface area contributed by atoms with Crippen molar-refractivity contribution in [3.05, 3.63) is 23.8 Å². The van der Waals surface area contributed by atoms with Crippen LogP contribution >= 0.6 is 0 Å². The summed E-state index contributed by atoms with van der Waals surface area (Å²) >= 11 is 0. The van der Waals surface area contributed by atoms with Gasteiger partial charge in [0.25, 0.3) is 0 Å². The maximum Gasteiger partial charge on any atom is 0.330 e. The number of carbonyl (C=O) groups is 3. The lowest BCUT2D eigenvalue weighted by Crippen LogP contribution is -2.54. The van der Waals surface area contributed by atoms with E-state index in [2.05, 4.69) is 10.6 Å². The maximum atomic E-state index is 12.2. The van der Waals surface area contributed by atoms with E-state index in [1.165, 1.54) is 13.0 Å². The number of unbranched alkanes of at least 4 members (excludes halogenated alkanes) is 4. The number of hydrogen-bond donors (Lipinski definition) is 6. The highest BCUT2D eigenvalue weighted by molar-refractivity contribution is 5.88. The quantitative estimate of drug-likeness (QED) is 0.0678. The van der Waals surface area contributed by atoms with Gasteiger partial charge in [0.2, 0.25) is 11.8 Å². The Labute approximate surface area is 243 Å². The van der Waals surface area contributed by atoms with E-state index in [9.17, 15) is 34.8 Å². The number of allylic oxidation sites excluding steroid dienone is 1. The minimum Gasteiger partial charge on any atom is -0.463 e. The summed E-state index contributed by atoms with van der Waals surface area (Å²) in [6, 6.07) is -0.423. The Kier molecular flexibility index (Phi) is 15.6. The standard InChI is InChI=1S/C30H50N2O9/c1-19(21(3)33)11-9-12-22-18-41-29(28(38)27(22)37)26(36)20(2)17-25(35)40-16-8-6-4-5-7-14-24(34)32-23-13-10-15-31-30(23)39/h9,11,17,19,21-23,26-29,33,36-38H,4-8,10,12-16,18H2,1-3H3,(H,31,39)(H,32,34)/b11-9+,20-17+/t19-,21+,22+,23+,26+,27-,28-,29+/m1/s1. The van der Waals surface area contributed by atoms with Crippen LogP contribution in [0, 0.1) is 11.8 Å². The van der Waals surface area contributed by atoms with Crippen molar-refractivity contribution in [1.82, 2.24) is 10.6 Å². The van der Waals surface area contributed by atoms with E-state index >= 15 is 0 Å². The Hall–Kier alpha value is -2.31. The van der Waals surface area contributed by atoms with E-state index in [4.69, 9.17) is 9.47 Å². The Balaban J connectivity index is 1.61. The molecule has 41 heavy (non-hydrogen) atoms. The van der Waals surface area contributed by atoms with Crippen molar-refractivity contribution in [3.8, 4) is 0 Å². The lowest BCUT2D eigenvalue weighted by molar-refractivity contribution is -0.187. The van der Waals surface area contributed by atoms with Crippen molar-refractivity contribution in [2.75, 3.05) is 19.8 Å². The van der Waals surface area contributed by atoms with E-state index in [1.54, 1.807) is 6.92 Å². The van der Waals surface area contributed by atoms with Crippen molar-refractivity contribution < 1.29 is 44.3 Å². The van der Waals surface area contributed by atoms with Crippen molar-refractivity contribution in [3.63, 3.8) is 0 Å². The zero-order valence-electron chi connectivity index (χ0n) is 24.7. The number of hydrogen-bond acceptors (Lipinski definition) is 9. The molecule has 2 aliphatic rings. The van der Waals surface area contributed by atoms with Gasteiger partial charge in [0.15, 0.2) is 0 Å². The number of esters is 1. The van der Waals surface area contributed by atoms with Gasteiger partial charge in [0.05, 0.1) is 25.4 Å². The first-order valence-corrected chi connectivity index (χ1v) is 14.9. The minimum atomic E-state index is -1.33. The Bertz CT molecular complexity index is 891. The molecule has 234 valence electrons. The number of carbonyl (C=O) groups excluding carboxylic acids is 3. The highest BCUT2D eigenvalue weighted by Crippen LogP contribution is 2.27. The summed E-state index contributed by atoms with van der Waals surface area (Å²) in [5.41, 5.74) is 0.263. The van der Waals surface area contributed by atoms with Crippen LogP contribution in [0.2, 0.25) is 0 Å². The summed E-state index contributed by atoms with van der Waals surface area (Å²) in [6.07, 6.45) is 5.92. The van der Waals surface area contributed by atoms with Gasteiger partial charge in [-0.25, -0.2) is 4.79 Å². The number of piperidine rings is 1. The molecule has 0 bridgehead atoms. The second-order valence-corrected chi connectivity index (χ2v) is 11.4. The van der Waals surface area contributed by atoms with Gasteiger partial charge in [-0.15, -0.1) is 0 Å². The first-order chi connectivity index (χ1) is 19.5. The molecule has 0 aromatic heterocycles. The predicted molar refractivity (Wildman–Crippen MR) is 152 cm³/mol. The summed E-state index contributed by atoms with van der Waals surface area (Å²) in [5, 5.41) is 46.9. The van der Waals surface area contributed by atoms with Crippen LogP contribution in [0.4, 0.5) is 0 Å². The Morgan fingerprint density at radius 1 is 1.12 bits per heavy atom. The first kappa shape index (κ1) is 34.9. The Morgan fingerprint density at radius 3 is 2.54 bits per heavy atom. The zero-order valence-corrected chi connectivity index (χ0v) is 24.7. The third kappa shape index (κ3) is 12.2. The second kappa shape index (κ2) is 18.3. The topological polar surface area (TPSA) is 175 Å². The molecule has 0 unspecified atom stereocenters. The van der Waals surface area contributed by atoms with Gasteiger partial charge >= 0.3 is 5.97 Å². The zero-order chi connectivity index (χ0) is 30.4. The van der Waals surface area contributed by atoms with Crippen LogP contribution < -0.4 is 10.6 Å². The fraction of sp³-hybridized carbons (Fsp3) is 0.767. The van der Waals surface area contributed by atoms with Crippen LogP contribution in [0.3, 0.4) is 0 Å². The molecular weight excluding hydrogens is 532 g/mol. The van der Waals surface area contributed by atoms with Gasteiger partial charge < -0.3 is 40.5 Å². The fourth-order valence-electron chi connectivity index (χ4n) is 4.86. The molecule has 0 spiro atoms. The number of amides is 2. The molecule has 11 nitrogen and oxygen atoms in total. The molecule has 0 aliphatic carbocycles. The van der Waals surface area contributed by atoms with Crippen molar-refractivity contribution in [1.29, 1.82) is 0 Å². The molecule has 0 aromatic rings. The molecule has 6 N–H and O–H groups in total. The fourth-order valence-corrected chi connectivity index (χ4v) is 4.86. The van der Waals surface area contributed by atoms with E-state index in [0.717, 1.165) is 32.1 Å². The number of aliphatic hydroxyl groups is 4. The molecule has 8 atom stereocenters. The van der Waals surface area contributed by atoms with Crippen molar-refractivity contribution in [2.24, 2.45) is 11.8 Å². The molecule has 2 rings (SSSR count). The molecule has 2 saturated heterocycles. The molecule has 2 heterocycles. The van der Waals surface area contributed by atoms with Gasteiger partial charge in [-0.2, -0.15) is 0 Å². The monoisotopic (exact) mass is 582 g/mol. The Morgan fingerprint density at radius 2 is 1.83 bits per heavy atom. The molecule has 2 fully saturated rings. The number of ether oxygens (including phenoxy) is 2. The predicted octanol–water partition coefficient (Wildman–Crippen LogP) is 1.27. The summed E-state index contributed by atoms with van der Waals surface area (Å²) in [6.45, 7) is 6.13. The molecule has 11 heteroatoms. The number of aliphatic hydroxyl groups excluding tert-OH is 4. The minimum absolute atomic E-state index is 0.0352. The number of rotatable bonds is 16. The average molecular weight is 583 g/mol. The van der Waals surface area contributed by atoms with Gasteiger partial charge in [-0.05, 0) is 57.4 Å². The molecule has 0 aromatic carbocycles. The SMILES string of the molecule is C/C(=C\C(=O)OCCCCCCCC(=O)N[C@H]1CCCNC1=O)[C@H](O)[C@@H]1OC[C@H](C/C=C/[C@@H](C)[C@H](C)O)[C@@H](O)[C@H]1O. The lowest BCUT2D eigenvalue weighted by atomic mass is 9.86. The van der Waals surface area contributed by atoms with E-state index in [0.29, 0.717) is 32.2 Å². The van der Waals surface area contributed by atoms with Crippen LogP contribution in [0.1, 0.15) is 78.6 Å². The third-order valence-corrected chi connectivity index (χ3v) is 7.85. The maximum absolute atomic E-state index is 12.2. The summed E-state index contributed by atoms with van der Waals surface area (Å²) in [5.74, 6) is -1.23. The normalized spacial score (nSPS) is 27.6. The van der Waals surface area contributed by atoms with Crippen LogP contribution in [0.15, 0.2) is 23.8 Å². The van der Waals surface area contributed by atoms with E-state index < -0.39 is 42.5 Å². The van der Waals surface area contributed by atoms with Crippen LogP contribution in [0.25, 0.3) is 0 Å². The summed E-state index contributed by atoms with van der Waals surface area (Å²) < 4.78 is 10.9. The van der Waals surface area contributed by atoms with Gasteiger partial charge in [-0.1, -0.05) is 38.3 Å². The van der Waals surface area contributed by atoms with E-state index in [-0.39, 0.29) is 42.4 Å². The molecular formula is C30H50N2O9. The molecule has 0 saturated carbocycles. The van der Waals surface area contributed by atoms with Crippen molar-refractivity contribution in [2.45, 2.75) is 115 Å². The highest BCUT2D eigenvalue weighted by atomic mass is 16.5. The molecule has 2 amide bonds.